The smallest absolute Gasteiger partial charge is 0.281 e. The van der Waals surface area contributed by atoms with Gasteiger partial charge in [0, 0.05) is 10.9 Å². The summed E-state index contributed by atoms with van der Waals surface area (Å²) < 4.78 is 1.55. The molecule has 22 heavy (non-hydrogen) atoms. The number of carbonyl (C=O) groups excluding carboxylic acids is 1. The summed E-state index contributed by atoms with van der Waals surface area (Å²) >= 11 is 1.44. The van der Waals surface area contributed by atoms with E-state index < -0.39 is 5.91 Å². The van der Waals surface area contributed by atoms with E-state index in [0.29, 0.717) is 14.9 Å². The third-order valence-corrected chi connectivity index (χ3v) is 4.46. The number of hydrogen-bond donors (Lipinski definition) is 1. The zero-order chi connectivity index (χ0) is 15.9. The molecule has 3 heterocycles. The molecule has 3 aromatic rings. The van der Waals surface area contributed by atoms with Crippen molar-refractivity contribution in [3.8, 4) is 0 Å². The Hall–Kier alpha value is -2.74. The Labute approximate surface area is 129 Å². The van der Waals surface area contributed by atoms with Crippen LogP contribution in [0.3, 0.4) is 0 Å². The summed E-state index contributed by atoms with van der Waals surface area (Å²) in [6.07, 6.45) is 3.67. The van der Waals surface area contributed by atoms with E-state index in [1.54, 1.807) is 0 Å². The van der Waals surface area contributed by atoms with Crippen LogP contribution in [0.15, 0.2) is 35.6 Å². The quantitative estimate of drug-likeness (QED) is 0.566. The van der Waals surface area contributed by atoms with Gasteiger partial charge in [0.2, 0.25) is 0 Å². The van der Waals surface area contributed by atoms with E-state index in [1.807, 2.05) is 13.8 Å². The maximum absolute atomic E-state index is 12.4. The van der Waals surface area contributed by atoms with Gasteiger partial charge in [-0.1, -0.05) is 0 Å². The summed E-state index contributed by atoms with van der Waals surface area (Å²) in [4.78, 5) is 30.4. The summed E-state index contributed by atoms with van der Waals surface area (Å²) in [7, 11) is 0. The lowest BCUT2D eigenvalue weighted by molar-refractivity contribution is -0.605. The number of fused-ring (bicyclic) bond motifs is 1. The number of pyridine rings is 1. The maximum Gasteiger partial charge on any atom is 0.281 e. The SMILES string of the molecule is Cc1sc2ncn(NC(=O)c3ccc[n+]([O-])c3)c(=O)c2c1C. The lowest BCUT2D eigenvalue weighted by atomic mass is 10.2. The summed E-state index contributed by atoms with van der Waals surface area (Å²) in [5, 5.41) is 11.7. The van der Waals surface area contributed by atoms with Crippen LogP contribution >= 0.6 is 11.3 Å². The van der Waals surface area contributed by atoms with Crippen LogP contribution in [0.5, 0.6) is 0 Å². The monoisotopic (exact) mass is 316 g/mol. The van der Waals surface area contributed by atoms with Crippen LogP contribution in [0, 0.1) is 19.1 Å². The molecule has 8 heteroatoms. The highest BCUT2D eigenvalue weighted by atomic mass is 32.1. The van der Waals surface area contributed by atoms with Crippen LogP contribution in [0.4, 0.5) is 0 Å². The molecule has 0 unspecified atom stereocenters. The van der Waals surface area contributed by atoms with E-state index in [4.69, 9.17) is 0 Å². The Balaban J connectivity index is 2.01. The Morgan fingerprint density at radius 3 is 2.95 bits per heavy atom. The first kappa shape index (κ1) is 14.2. The lowest BCUT2D eigenvalue weighted by Gasteiger charge is -2.07. The molecule has 0 saturated carbocycles. The fourth-order valence-electron chi connectivity index (χ4n) is 2.08. The summed E-state index contributed by atoms with van der Waals surface area (Å²) in [6.45, 7) is 3.77. The number of carbonyl (C=O) groups is 1. The van der Waals surface area contributed by atoms with Crippen molar-refractivity contribution in [2.24, 2.45) is 0 Å². The first-order valence-corrected chi connectivity index (χ1v) is 7.26. The average molecular weight is 316 g/mol. The standard InChI is InChI=1S/C14H12N4O3S/c1-8-9(2)22-13-11(8)14(20)18(7-15-13)16-12(19)10-4-3-5-17(21)6-10/h3-7H,1-2H3,(H,16,19). The number of nitrogens with zero attached hydrogens (tertiary/aromatic N) is 3. The lowest BCUT2D eigenvalue weighted by Crippen LogP contribution is -2.34. The molecule has 0 aliphatic heterocycles. The highest BCUT2D eigenvalue weighted by Gasteiger charge is 2.14. The number of rotatable bonds is 2. The van der Waals surface area contributed by atoms with Crippen molar-refractivity contribution in [1.29, 1.82) is 0 Å². The molecule has 3 aromatic heterocycles. The topological polar surface area (TPSA) is 90.9 Å². The van der Waals surface area contributed by atoms with E-state index in [0.717, 1.165) is 21.3 Å². The normalized spacial score (nSPS) is 10.8. The number of amides is 1. The molecule has 0 aliphatic carbocycles. The zero-order valence-corrected chi connectivity index (χ0v) is 12.7. The Morgan fingerprint density at radius 2 is 2.23 bits per heavy atom. The second-order valence-electron chi connectivity index (χ2n) is 4.78. The van der Waals surface area contributed by atoms with Gasteiger partial charge in [-0.15, -0.1) is 11.3 Å². The molecule has 112 valence electrons. The summed E-state index contributed by atoms with van der Waals surface area (Å²) in [5.41, 5.74) is 3.11. The van der Waals surface area contributed by atoms with Crippen molar-refractivity contribution in [3.63, 3.8) is 0 Å². The molecule has 0 aliphatic rings. The van der Waals surface area contributed by atoms with Gasteiger partial charge in [0.05, 0.1) is 5.39 Å². The fraction of sp³-hybridized carbons (Fsp3) is 0.143. The zero-order valence-electron chi connectivity index (χ0n) is 11.9. The third-order valence-electron chi connectivity index (χ3n) is 3.35. The number of hydrogen-bond acceptors (Lipinski definition) is 5. The van der Waals surface area contributed by atoms with E-state index in [2.05, 4.69) is 10.4 Å². The van der Waals surface area contributed by atoms with Gasteiger partial charge in [0.1, 0.15) is 16.7 Å². The maximum atomic E-state index is 12.4. The average Bonchev–Trinajstić information content (AvgIpc) is 2.78. The minimum atomic E-state index is -0.557. The van der Waals surface area contributed by atoms with Crippen molar-refractivity contribution < 1.29 is 9.52 Å². The van der Waals surface area contributed by atoms with Gasteiger partial charge in [-0.05, 0) is 25.5 Å². The molecule has 0 atom stereocenters. The minimum absolute atomic E-state index is 0.155. The predicted molar refractivity (Wildman–Crippen MR) is 82.4 cm³/mol. The van der Waals surface area contributed by atoms with Gasteiger partial charge in [0.15, 0.2) is 12.4 Å². The van der Waals surface area contributed by atoms with Gasteiger partial charge >= 0.3 is 0 Å². The van der Waals surface area contributed by atoms with Crippen LogP contribution in [-0.4, -0.2) is 15.6 Å². The van der Waals surface area contributed by atoms with Crippen LogP contribution in [-0.2, 0) is 0 Å². The molecule has 0 aromatic carbocycles. The molecule has 0 spiro atoms. The molecule has 1 N–H and O–H groups in total. The van der Waals surface area contributed by atoms with Crippen molar-refractivity contribution in [3.05, 3.63) is 62.4 Å². The van der Waals surface area contributed by atoms with Crippen molar-refractivity contribution in [2.75, 3.05) is 5.43 Å². The van der Waals surface area contributed by atoms with Crippen LogP contribution in [0.2, 0.25) is 0 Å². The molecule has 7 nitrogen and oxygen atoms in total. The van der Waals surface area contributed by atoms with E-state index in [9.17, 15) is 14.8 Å². The van der Waals surface area contributed by atoms with Crippen molar-refractivity contribution in [1.82, 2.24) is 9.66 Å². The first-order valence-electron chi connectivity index (χ1n) is 6.45. The van der Waals surface area contributed by atoms with Gasteiger partial charge in [-0.3, -0.25) is 15.0 Å². The Kier molecular flexibility index (Phi) is 3.38. The molecule has 0 fully saturated rings. The van der Waals surface area contributed by atoms with Crippen LogP contribution in [0.1, 0.15) is 20.8 Å². The Morgan fingerprint density at radius 1 is 1.45 bits per heavy atom. The highest BCUT2D eigenvalue weighted by Crippen LogP contribution is 2.25. The van der Waals surface area contributed by atoms with E-state index in [-0.39, 0.29) is 11.1 Å². The molecule has 0 radical (unpaired) electrons. The number of aromatic nitrogens is 3. The number of thiophene rings is 1. The first-order chi connectivity index (χ1) is 10.5. The molecule has 0 bridgehead atoms. The van der Waals surface area contributed by atoms with Crippen molar-refractivity contribution >= 4 is 27.5 Å². The number of aryl methyl sites for hydroxylation is 2. The molecule has 0 saturated heterocycles. The second-order valence-corrected chi connectivity index (χ2v) is 5.98. The summed E-state index contributed by atoms with van der Waals surface area (Å²) in [5.74, 6) is -0.557. The second kappa shape index (κ2) is 5.23. The van der Waals surface area contributed by atoms with Crippen molar-refractivity contribution in [2.45, 2.75) is 13.8 Å². The van der Waals surface area contributed by atoms with Crippen LogP contribution < -0.4 is 15.7 Å². The van der Waals surface area contributed by atoms with Gasteiger partial charge in [-0.25, -0.2) is 9.66 Å². The molecule has 3 rings (SSSR count). The minimum Gasteiger partial charge on any atom is -0.619 e. The Bertz CT molecular complexity index is 945. The summed E-state index contributed by atoms with van der Waals surface area (Å²) in [6, 6.07) is 2.94. The van der Waals surface area contributed by atoms with Gasteiger partial charge in [0.25, 0.3) is 11.5 Å². The molecular formula is C14H12N4O3S. The highest BCUT2D eigenvalue weighted by molar-refractivity contribution is 7.18. The van der Waals surface area contributed by atoms with Crippen LogP contribution in [0.25, 0.3) is 10.2 Å². The fourth-order valence-corrected chi connectivity index (χ4v) is 3.06. The van der Waals surface area contributed by atoms with Gasteiger partial charge < -0.3 is 5.21 Å². The third kappa shape index (κ3) is 2.33. The molecular weight excluding hydrogens is 304 g/mol. The van der Waals surface area contributed by atoms with E-state index >= 15 is 0 Å². The number of nitrogens with one attached hydrogen (secondary N) is 1. The van der Waals surface area contributed by atoms with E-state index in [1.165, 1.54) is 36.0 Å². The van der Waals surface area contributed by atoms with Gasteiger partial charge in [-0.2, -0.15) is 4.73 Å². The predicted octanol–water partition coefficient (Wildman–Crippen LogP) is 1.09. The molecule has 1 amide bonds. The largest absolute Gasteiger partial charge is 0.619 e.